The lowest BCUT2D eigenvalue weighted by atomic mass is 10.0. The standard InChI is InChI=1S/C34H36F4N4O2/c1-4-44-28-15-13-26(14-16-28)42-22-31(25-9-6-5-7-10-25)39-33(42)23(2)41(21-27-11-8-18-40(27)3)32(43)20-24-12-17-30(35)29(19-24)34(36,37)38/h5-7,9-10,12-17,19,22-23,27H,4,8,11,18,20-21H2,1-3H3/t23-,27-/m1/s1. The van der Waals surface area contributed by atoms with Crippen LogP contribution >= 0.6 is 0 Å². The van der Waals surface area contributed by atoms with Crippen molar-refractivity contribution in [1.82, 2.24) is 19.4 Å². The van der Waals surface area contributed by atoms with E-state index in [9.17, 15) is 22.4 Å². The summed E-state index contributed by atoms with van der Waals surface area (Å²) in [6.07, 6.45) is -1.36. The molecular weight excluding hydrogens is 572 g/mol. The predicted octanol–water partition coefficient (Wildman–Crippen LogP) is 7.32. The van der Waals surface area contributed by atoms with Crippen LogP contribution in [0.3, 0.4) is 0 Å². The lowest BCUT2D eigenvalue weighted by Gasteiger charge is -2.34. The fourth-order valence-corrected chi connectivity index (χ4v) is 5.74. The summed E-state index contributed by atoms with van der Waals surface area (Å²) in [6.45, 7) is 5.61. The number of ether oxygens (including phenoxy) is 1. The van der Waals surface area contributed by atoms with Crippen molar-refractivity contribution in [3.63, 3.8) is 0 Å². The Labute approximate surface area is 254 Å². The summed E-state index contributed by atoms with van der Waals surface area (Å²) in [7, 11) is 2.01. The van der Waals surface area contributed by atoms with Gasteiger partial charge in [-0.25, -0.2) is 9.37 Å². The van der Waals surface area contributed by atoms with Crippen LogP contribution in [-0.4, -0.2) is 58.0 Å². The maximum atomic E-state index is 14.0. The Bertz CT molecular complexity index is 1570. The average Bonchev–Trinajstić information content (AvgIpc) is 3.63. The molecule has 0 N–H and O–H groups in total. The Hall–Kier alpha value is -4.18. The van der Waals surface area contributed by atoms with Gasteiger partial charge in [-0.2, -0.15) is 13.2 Å². The number of benzene rings is 3. The molecule has 1 amide bonds. The molecule has 2 atom stereocenters. The number of amides is 1. The lowest BCUT2D eigenvalue weighted by molar-refractivity contribution is -0.140. The molecule has 0 aliphatic carbocycles. The van der Waals surface area contributed by atoms with Crippen LogP contribution in [0.25, 0.3) is 16.9 Å². The summed E-state index contributed by atoms with van der Waals surface area (Å²) in [4.78, 5) is 22.9. The third-order valence-electron chi connectivity index (χ3n) is 8.16. The molecule has 4 aromatic rings. The lowest BCUT2D eigenvalue weighted by Crippen LogP contribution is -2.44. The third kappa shape index (κ3) is 6.96. The van der Waals surface area contributed by atoms with E-state index in [4.69, 9.17) is 9.72 Å². The number of likely N-dealkylation sites (tertiary alicyclic amines) is 1. The maximum Gasteiger partial charge on any atom is 0.419 e. The molecular formula is C34H36F4N4O2. The summed E-state index contributed by atoms with van der Waals surface area (Å²) in [5.74, 6) is -0.387. The molecule has 0 bridgehead atoms. The number of carbonyl (C=O) groups is 1. The van der Waals surface area contributed by atoms with E-state index in [1.165, 1.54) is 6.07 Å². The molecule has 1 aromatic heterocycles. The molecule has 0 unspecified atom stereocenters. The van der Waals surface area contributed by atoms with Crippen molar-refractivity contribution >= 4 is 5.91 Å². The first-order valence-corrected chi connectivity index (χ1v) is 14.8. The van der Waals surface area contributed by atoms with Crippen LogP contribution in [0.2, 0.25) is 0 Å². The number of likely N-dealkylation sites (N-methyl/N-ethyl adjacent to an activating group) is 1. The van der Waals surface area contributed by atoms with Crippen LogP contribution < -0.4 is 4.74 Å². The average molecular weight is 609 g/mol. The van der Waals surface area contributed by atoms with Gasteiger partial charge in [0.2, 0.25) is 5.91 Å². The number of rotatable bonds is 10. The zero-order chi connectivity index (χ0) is 31.4. The Kier molecular flexibility index (Phi) is 9.39. The van der Waals surface area contributed by atoms with Crippen LogP contribution in [0.15, 0.2) is 79.0 Å². The minimum absolute atomic E-state index is 0.0860. The summed E-state index contributed by atoms with van der Waals surface area (Å²) >= 11 is 0. The number of aromatic nitrogens is 2. The maximum absolute atomic E-state index is 14.0. The van der Waals surface area contributed by atoms with Gasteiger partial charge >= 0.3 is 6.18 Å². The Morgan fingerprint density at radius 1 is 1.09 bits per heavy atom. The third-order valence-corrected chi connectivity index (χ3v) is 8.16. The van der Waals surface area contributed by atoms with E-state index in [2.05, 4.69) is 4.90 Å². The predicted molar refractivity (Wildman–Crippen MR) is 161 cm³/mol. The van der Waals surface area contributed by atoms with Crippen LogP contribution in [-0.2, 0) is 17.4 Å². The van der Waals surface area contributed by atoms with Crippen LogP contribution in [0.1, 0.15) is 49.7 Å². The largest absolute Gasteiger partial charge is 0.494 e. The number of imidazole rings is 1. The first-order chi connectivity index (χ1) is 21.0. The minimum Gasteiger partial charge on any atom is -0.494 e. The van der Waals surface area contributed by atoms with Gasteiger partial charge in [-0.3, -0.25) is 4.79 Å². The molecule has 0 saturated carbocycles. The van der Waals surface area contributed by atoms with Crippen molar-refractivity contribution in [1.29, 1.82) is 0 Å². The molecule has 232 valence electrons. The molecule has 6 nitrogen and oxygen atoms in total. The Morgan fingerprint density at radius 3 is 2.45 bits per heavy atom. The van der Waals surface area contributed by atoms with Crippen molar-refractivity contribution in [3.8, 4) is 22.7 Å². The van der Waals surface area contributed by atoms with Crippen LogP contribution in [0.4, 0.5) is 17.6 Å². The molecule has 3 aromatic carbocycles. The van der Waals surface area contributed by atoms with Crippen molar-refractivity contribution in [3.05, 3.63) is 102 Å². The molecule has 5 rings (SSSR count). The zero-order valence-electron chi connectivity index (χ0n) is 25.0. The highest BCUT2D eigenvalue weighted by atomic mass is 19.4. The monoisotopic (exact) mass is 608 g/mol. The Morgan fingerprint density at radius 2 is 1.82 bits per heavy atom. The van der Waals surface area contributed by atoms with E-state index >= 15 is 0 Å². The van der Waals surface area contributed by atoms with E-state index in [0.29, 0.717) is 19.0 Å². The smallest absolute Gasteiger partial charge is 0.419 e. The van der Waals surface area contributed by atoms with Gasteiger partial charge in [0.05, 0.1) is 30.3 Å². The second-order valence-corrected chi connectivity index (χ2v) is 11.1. The van der Waals surface area contributed by atoms with Crippen molar-refractivity contribution in [2.75, 3.05) is 26.7 Å². The number of hydrogen-bond acceptors (Lipinski definition) is 4. The number of hydrogen-bond donors (Lipinski definition) is 0. The van der Waals surface area contributed by atoms with Gasteiger partial charge < -0.3 is 19.1 Å². The fraction of sp³-hybridized carbons (Fsp3) is 0.353. The minimum atomic E-state index is -4.86. The fourth-order valence-electron chi connectivity index (χ4n) is 5.74. The Balaban J connectivity index is 1.54. The second kappa shape index (κ2) is 13.2. The highest BCUT2D eigenvalue weighted by Gasteiger charge is 2.35. The molecule has 0 radical (unpaired) electrons. The molecule has 0 spiro atoms. The molecule has 2 heterocycles. The number of nitrogens with zero attached hydrogens (tertiary/aromatic N) is 4. The normalized spacial score (nSPS) is 16.2. The van der Waals surface area contributed by atoms with Gasteiger partial charge in [-0.1, -0.05) is 36.4 Å². The number of carbonyl (C=O) groups excluding carboxylic acids is 1. The number of halogens is 4. The topological polar surface area (TPSA) is 50.6 Å². The number of alkyl halides is 3. The highest BCUT2D eigenvalue weighted by Crippen LogP contribution is 2.33. The van der Waals surface area contributed by atoms with Crippen molar-refractivity contribution < 1.29 is 27.1 Å². The van der Waals surface area contributed by atoms with E-state index in [-0.39, 0.29) is 23.9 Å². The van der Waals surface area contributed by atoms with Crippen LogP contribution in [0, 0.1) is 5.82 Å². The van der Waals surface area contributed by atoms with E-state index < -0.39 is 23.6 Å². The van der Waals surface area contributed by atoms with Crippen molar-refractivity contribution in [2.45, 2.75) is 51.4 Å². The van der Waals surface area contributed by atoms with Crippen LogP contribution in [0.5, 0.6) is 5.75 Å². The molecule has 1 aliphatic heterocycles. The SMILES string of the molecule is CCOc1ccc(-n2cc(-c3ccccc3)nc2[C@@H](C)N(C[C@H]2CCCN2C)C(=O)Cc2ccc(F)c(C(F)(F)F)c2)cc1. The molecule has 1 aliphatic rings. The highest BCUT2D eigenvalue weighted by molar-refractivity contribution is 5.79. The molecule has 10 heteroatoms. The van der Waals surface area contributed by atoms with Gasteiger partial charge in [-0.05, 0) is 82.2 Å². The van der Waals surface area contributed by atoms with E-state index in [0.717, 1.165) is 54.2 Å². The van der Waals surface area contributed by atoms with Gasteiger partial charge in [0.15, 0.2) is 0 Å². The van der Waals surface area contributed by atoms with E-state index in [1.807, 2.05) is 86.3 Å². The quantitative estimate of drug-likeness (QED) is 0.177. The first kappa shape index (κ1) is 31.3. The van der Waals surface area contributed by atoms with Gasteiger partial charge in [0.25, 0.3) is 0 Å². The van der Waals surface area contributed by atoms with Gasteiger partial charge in [0, 0.05) is 30.0 Å². The summed E-state index contributed by atoms with van der Waals surface area (Å²) in [6, 6.07) is 19.6. The summed E-state index contributed by atoms with van der Waals surface area (Å²) in [5.41, 5.74) is 1.17. The summed E-state index contributed by atoms with van der Waals surface area (Å²) in [5, 5.41) is 0. The van der Waals surface area contributed by atoms with E-state index in [1.54, 1.807) is 4.90 Å². The van der Waals surface area contributed by atoms with Gasteiger partial charge in [-0.15, -0.1) is 0 Å². The summed E-state index contributed by atoms with van der Waals surface area (Å²) < 4.78 is 61.9. The molecule has 44 heavy (non-hydrogen) atoms. The van der Waals surface area contributed by atoms with Gasteiger partial charge in [0.1, 0.15) is 17.4 Å². The molecule has 1 fully saturated rings. The zero-order valence-corrected chi connectivity index (χ0v) is 25.0. The molecule has 1 saturated heterocycles. The second-order valence-electron chi connectivity index (χ2n) is 11.1. The first-order valence-electron chi connectivity index (χ1n) is 14.8. The van der Waals surface area contributed by atoms with Crippen molar-refractivity contribution in [2.24, 2.45) is 0 Å².